The zero-order valence-corrected chi connectivity index (χ0v) is 9.90. The first-order valence-corrected chi connectivity index (χ1v) is 5.38. The van der Waals surface area contributed by atoms with Gasteiger partial charge in [-0.25, -0.2) is 0 Å². The molecule has 0 spiro atoms. The highest BCUT2D eigenvalue weighted by molar-refractivity contribution is 6.34. The van der Waals surface area contributed by atoms with Crippen LogP contribution in [-0.4, -0.2) is 15.9 Å². The molecule has 0 saturated heterocycles. The minimum absolute atomic E-state index is 0.297. The van der Waals surface area contributed by atoms with E-state index in [9.17, 15) is 4.79 Å². The third-order valence-corrected chi connectivity index (χ3v) is 2.51. The van der Waals surface area contributed by atoms with Crippen LogP contribution >= 0.6 is 11.6 Å². The molecule has 4 nitrogen and oxygen atoms in total. The van der Waals surface area contributed by atoms with Gasteiger partial charge in [-0.05, 0) is 25.1 Å². The maximum Gasteiger partial charge on any atom is 0.258 e. The van der Waals surface area contributed by atoms with E-state index in [-0.39, 0.29) is 5.91 Å². The normalized spacial score (nSPS) is 10.0. The lowest BCUT2D eigenvalue weighted by Crippen LogP contribution is -2.12. The van der Waals surface area contributed by atoms with Crippen LogP contribution in [0.5, 0.6) is 0 Å². The zero-order chi connectivity index (χ0) is 12.3. The molecule has 0 aromatic carbocycles. The van der Waals surface area contributed by atoms with Crippen molar-refractivity contribution < 1.29 is 4.79 Å². The van der Waals surface area contributed by atoms with Gasteiger partial charge in [0.1, 0.15) is 0 Å². The van der Waals surface area contributed by atoms with Crippen LogP contribution < -0.4 is 5.32 Å². The number of aromatic nitrogens is 2. The second kappa shape index (κ2) is 4.93. The highest BCUT2D eigenvalue weighted by atomic mass is 35.5. The third-order valence-electron chi connectivity index (χ3n) is 2.18. The summed E-state index contributed by atoms with van der Waals surface area (Å²) in [6.45, 7) is 1.88. The average Bonchev–Trinajstić information content (AvgIpc) is 2.32. The largest absolute Gasteiger partial charge is 0.320 e. The number of carbonyl (C=O) groups excluding carboxylic acids is 1. The number of rotatable bonds is 2. The Labute approximate surface area is 104 Å². The van der Waals surface area contributed by atoms with Crippen LogP contribution in [0.1, 0.15) is 16.1 Å². The summed E-state index contributed by atoms with van der Waals surface area (Å²) in [6.07, 6.45) is 4.56. The fraction of sp³-hybridized carbons (Fsp3) is 0.0833. The van der Waals surface area contributed by atoms with Gasteiger partial charge in [-0.15, -0.1) is 0 Å². The molecule has 0 radical (unpaired) electrons. The van der Waals surface area contributed by atoms with E-state index in [4.69, 9.17) is 11.6 Å². The van der Waals surface area contributed by atoms with Crippen LogP contribution in [0.4, 0.5) is 5.69 Å². The van der Waals surface area contributed by atoms with Crippen molar-refractivity contribution in [3.05, 3.63) is 53.1 Å². The molecule has 0 atom stereocenters. The van der Waals surface area contributed by atoms with Gasteiger partial charge in [-0.3, -0.25) is 14.8 Å². The van der Waals surface area contributed by atoms with Crippen LogP contribution in [0.15, 0.2) is 36.8 Å². The summed E-state index contributed by atoms with van der Waals surface area (Å²) < 4.78 is 0. The first kappa shape index (κ1) is 11.5. The van der Waals surface area contributed by atoms with E-state index in [0.717, 1.165) is 5.69 Å². The van der Waals surface area contributed by atoms with Gasteiger partial charge in [-0.1, -0.05) is 11.6 Å². The lowest BCUT2D eigenvalue weighted by Gasteiger charge is -2.05. The number of nitrogens with one attached hydrogen (secondary N) is 1. The second-order valence-electron chi connectivity index (χ2n) is 3.50. The molecular formula is C12H10ClN3O. The molecule has 0 saturated carbocycles. The molecule has 1 N–H and O–H groups in total. The Balaban J connectivity index is 2.17. The van der Waals surface area contributed by atoms with Crippen LogP contribution in [0.2, 0.25) is 5.02 Å². The Kier molecular flexibility index (Phi) is 3.35. The number of nitrogens with zero attached hydrogens (tertiary/aromatic N) is 2. The molecule has 2 rings (SSSR count). The van der Waals surface area contributed by atoms with Gasteiger partial charge < -0.3 is 5.32 Å². The van der Waals surface area contributed by atoms with Crippen molar-refractivity contribution in [1.29, 1.82) is 0 Å². The number of carbonyl (C=O) groups is 1. The van der Waals surface area contributed by atoms with E-state index >= 15 is 0 Å². The first-order valence-electron chi connectivity index (χ1n) is 5.00. The van der Waals surface area contributed by atoms with E-state index < -0.39 is 0 Å². The van der Waals surface area contributed by atoms with Crippen molar-refractivity contribution in [3.8, 4) is 0 Å². The molecule has 2 aromatic rings. The summed E-state index contributed by atoms with van der Waals surface area (Å²) in [5, 5.41) is 3.07. The van der Waals surface area contributed by atoms with Gasteiger partial charge in [0.15, 0.2) is 0 Å². The molecule has 0 unspecified atom stereocenters. The molecule has 2 aromatic heterocycles. The fourth-order valence-corrected chi connectivity index (χ4v) is 1.48. The number of anilines is 1. The van der Waals surface area contributed by atoms with Crippen LogP contribution in [0.3, 0.4) is 0 Å². The van der Waals surface area contributed by atoms with Crippen LogP contribution in [0.25, 0.3) is 0 Å². The molecule has 0 fully saturated rings. The van der Waals surface area contributed by atoms with Gasteiger partial charge in [0, 0.05) is 18.1 Å². The molecule has 0 aliphatic rings. The highest BCUT2D eigenvalue weighted by Gasteiger charge is 2.10. The average molecular weight is 248 g/mol. The maximum absolute atomic E-state index is 11.9. The standard InChI is InChI=1S/C12H10ClN3O/c1-8-2-3-9(6-15-8)16-12(17)10-7-14-5-4-11(10)13/h2-7H,1H3,(H,16,17). The molecule has 17 heavy (non-hydrogen) atoms. The number of aryl methyl sites for hydroxylation is 1. The molecule has 0 bridgehead atoms. The van der Waals surface area contributed by atoms with E-state index in [1.54, 1.807) is 18.3 Å². The summed E-state index contributed by atoms with van der Waals surface area (Å²) in [7, 11) is 0. The summed E-state index contributed by atoms with van der Waals surface area (Å²) >= 11 is 5.89. The summed E-state index contributed by atoms with van der Waals surface area (Å²) in [5.74, 6) is -0.297. The molecule has 5 heteroatoms. The molecule has 86 valence electrons. The lowest BCUT2D eigenvalue weighted by atomic mass is 10.2. The number of hydrogen-bond acceptors (Lipinski definition) is 3. The smallest absolute Gasteiger partial charge is 0.258 e. The second-order valence-corrected chi connectivity index (χ2v) is 3.91. The van der Waals surface area contributed by atoms with E-state index in [2.05, 4.69) is 15.3 Å². The quantitative estimate of drug-likeness (QED) is 0.888. The number of amides is 1. The predicted octanol–water partition coefficient (Wildman–Crippen LogP) is 2.69. The summed E-state index contributed by atoms with van der Waals surface area (Å²) in [5.41, 5.74) is 1.86. The van der Waals surface area contributed by atoms with E-state index in [1.807, 2.05) is 13.0 Å². The van der Waals surface area contributed by atoms with Gasteiger partial charge in [0.2, 0.25) is 0 Å². The summed E-state index contributed by atoms with van der Waals surface area (Å²) in [6, 6.07) is 5.18. The SMILES string of the molecule is Cc1ccc(NC(=O)c2cnccc2Cl)cn1. The number of pyridine rings is 2. The van der Waals surface area contributed by atoms with Crippen molar-refractivity contribution in [2.75, 3.05) is 5.32 Å². The molecule has 0 aliphatic carbocycles. The Bertz CT molecular complexity index is 540. The molecule has 2 heterocycles. The Morgan fingerprint density at radius 2 is 2.12 bits per heavy atom. The zero-order valence-electron chi connectivity index (χ0n) is 9.14. The van der Waals surface area contributed by atoms with Crippen molar-refractivity contribution in [2.24, 2.45) is 0 Å². The molecule has 1 amide bonds. The van der Waals surface area contributed by atoms with E-state index in [0.29, 0.717) is 16.3 Å². The molecule has 0 aliphatic heterocycles. The summed E-state index contributed by atoms with van der Waals surface area (Å²) in [4.78, 5) is 19.8. The van der Waals surface area contributed by atoms with Crippen molar-refractivity contribution in [2.45, 2.75) is 6.92 Å². The Hall–Kier alpha value is -1.94. The van der Waals surface area contributed by atoms with Crippen LogP contribution in [0, 0.1) is 6.92 Å². The Morgan fingerprint density at radius 1 is 1.29 bits per heavy atom. The van der Waals surface area contributed by atoms with E-state index in [1.165, 1.54) is 12.4 Å². The predicted molar refractivity (Wildman–Crippen MR) is 66.2 cm³/mol. The third kappa shape index (κ3) is 2.79. The van der Waals surface area contributed by atoms with Gasteiger partial charge in [0.05, 0.1) is 22.5 Å². The minimum atomic E-state index is -0.297. The Morgan fingerprint density at radius 3 is 2.76 bits per heavy atom. The van der Waals surface area contributed by atoms with Gasteiger partial charge >= 0.3 is 0 Å². The topological polar surface area (TPSA) is 54.9 Å². The van der Waals surface area contributed by atoms with Crippen molar-refractivity contribution >= 4 is 23.2 Å². The van der Waals surface area contributed by atoms with Crippen molar-refractivity contribution in [3.63, 3.8) is 0 Å². The van der Waals surface area contributed by atoms with Crippen molar-refractivity contribution in [1.82, 2.24) is 9.97 Å². The highest BCUT2D eigenvalue weighted by Crippen LogP contribution is 2.15. The van der Waals surface area contributed by atoms with Gasteiger partial charge in [0.25, 0.3) is 5.91 Å². The minimum Gasteiger partial charge on any atom is -0.320 e. The molecular weight excluding hydrogens is 238 g/mol. The monoisotopic (exact) mass is 247 g/mol. The van der Waals surface area contributed by atoms with Gasteiger partial charge in [-0.2, -0.15) is 0 Å². The fourth-order valence-electron chi connectivity index (χ4n) is 1.28. The lowest BCUT2D eigenvalue weighted by molar-refractivity contribution is 0.102. The first-order chi connectivity index (χ1) is 8.16. The number of halogens is 1. The number of hydrogen-bond donors (Lipinski definition) is 1. The van der Waals surface area contributed by atoms with Crippen LogP contribution in [-0.2, 0) is 0 Å². The maximum atomic E-state index is 11.9.